The van der Waals surface area contributed by atoms with Crippen molar-refractivity contribution in [1.29, 1.82) is 0 Å². The molecular weight excluding hydrogens is 1930 g/mol. The maximum atomic E-state index is 9.58. The summed E-state index contributed by atoms with van der Waals surface area (Å²) in [6, 6.07) is 0. The molecule has 4 unspecified atom stereocenters. The van der Waals surface area contributed by atoms with Gasteiger partial charge in [0.2, 0.25) is 29.1 Å². The normalized spacial score (nSPS) is 14.5. The van der Waals surface area contributed by atoms with Gasteiger partial charge in [-0.05, 0) is 103 Å². The first-order valence-corrected chi connectivity index (χ1v) is 69.2. The second-order valence-corrected chi connectivity index (χ2v) is 65.6. The number of hydrogen-bond acceptors (Lipinski definition) is 18. The first kappa shape index (κ1) is 149. The Kier molecular flexibility index (Phi) is 92.3. The molecule has 0 rings (SSSR count). The first-order chi connectivity index (χ1) is 55.7. The van der Waals surface area contributed by atoms with Crippen LogP contribution >= 0.6 is 102 Å². The summed E-state index contributed by atoms with van der Waals surface area (Å²) in [5.74, 6) is 0. The van der Waals surface area contributed by atoms with E-state index in [1.54, 1.807) is 0 Å². The molecule has 0 bridgehead atoms. The molecule has 0 aliphatic heterocycles. The summed E-state index contributed by atoms with van der Waals surface area (Å²) < 4.78 is 139. The molecule has 124 heavy (non-hydrogen) atoms. The molecule has 4 atom stereocenters. The quantitative estimate of drug-likeness (QED) is 0.0199. The van der Waals surface area contributed by atoms with Crippen molar-refractivity contribution in [2.24, 2.45) is 0 Å². The van der Waals surface area contributed by atoms with E-state index < -0.39 is 102 Å². The van der Waals surface area contributed by atoms with Crippen LogP contribution in [0.25, 0.3) is 0 Å². The molecule has 0 amide bonds. The highest BCUT2D eigenvalue weighted by molar-refractivity contribution is 8.27. The van der Waals surface area contributed by atoms with Crippen molar-refractivity contribution in [2.75, 3.05) is 105 Å². The number of quaternary nitrogens is 4. The van der Waals surface area contributed by atoms with Gasteiger partial charge in [-0.3, -0.25) is 36.5 Å². The van der Waals surface area contributed by atoms with Crippen LogP contribution in [-0.4, -0.2) is 240 Å². The van der Waals surface area contributed by atoms with Gasteiger partial charge in [0.1, 0.15) is 0 Å². The summed E-state index contributed by atoms with van der Waals surface area (Å²) in [5, 5.41) is 0. The molecule has 0 saturated carbocycles. The fraction of sp³-hybridized carbons (Fsp3) is 1.00. The SMILES string of the molecule is CCCC[N+](CCCC)(CCCC)CCCC.CCCC[N+](CCCC)(CCCC)CCCC.CCCC[N+](CCCC)(CCCC)CCCC.CCCC[N+](CCCC)(CCCC)CCCC.O=P(O)(O)P(=O)(O)O.O=P(O)(O)P(=O)(O)O.O=P(O)(O)P(=O)(O)O.O=P([O-])(O)P(=O)(O)O.O=P([O-])(O)P(=O)(O)O.O=P([O-])(O)P(=O)(O)O.O=P([O-])(O)P(=O)(O)O. The second-order valence-electron chi connectivity index (χ2n) is 29.7. The summed E-state index contributed by atoms with van der Waals surface area (Å²) in [6.45, 7) is 60.1. The first-order valence-electron chi connectivity index (χ1n) is 41.9. The van der Waals surface area contributed by atoms with Gasteiger partial charge < -0.3 is 155 Å². The van der Waals surface area contributed by atoms with Crippen LogP contribution in [0.1, 0.15) is 316 Å². The van der Waals surface area contributed by atoms with Crippen molar-refractivity contribution in [3.8, 4) is 0 Å². The van der Waals surface area contributed by atoms with E-state index in [0.29, 0.717) is 0 Å². The lowest BCUT2D eigenvalue weighted by Gasteiger charge is -2.39. The Morgan fingerprint density at radius 1 is 0.137 bits per heavy atom. The zero-order valence-corrected chi connectivity index (χ0v) is 88.6. The molecule has 0 spiro atoms. The summed E-state index contributed by atoms with van der Waals surface area (Å²) >= 11 is 0. The van der Waals surface area contributed by atoms with E-state index in [2.05, 4.69) is 111 Å². The van der Waals surface area contributed by atoms with E-state index >= 15 is 0 Å². The molecule has 0 aromatic rings. The van der Waals surface area contributed by atoms with Crippen molar-refractivity contribution in [3.05, 3.63) is 0 Å². The lowest BCUT2D eigenvalue weighted by molar-refractivity contribution is -0.929. The van der Waals surface area contributed by atoms with E-state index in [9.17, 15) is 83.5 Å². The Hall–Kier alpha value is 1.94. The predicted molar refractivity (Wildman–Crippen MR) is 477 cm³/mol. The van der Waals surface area contributed by atoms with Crippen LogP contribution in [0.15, 0.2) is 0 Å². The average molecular weight is 2100 g/mol. The van der Waals surface area contributed by atoms with E-state index in [-0.39, 0.29) is 0 Å². The molecule has 60 heteroatoms. The molecule has 0 aromatic carbocycles. The maximum absolute atomic E-state index is 9.58. The van der Waals surface area contributed by atoms with Crippen molar-refractivity contribution < 1.29 is 219 Å². The molecule has 0 saturated heterocycles. The van der Waals surface area contributed by atoms with Gasteiger partial charge in [0.05, 0.1) is 105 Å². The Balaban J connectivity index is -0.000000128. The standard InChI is InChI=1S/4C16H36N.7H4O6P2/c4*1-5-9-13-17(14-10-6-2,15-11-7-3)16-12-8-4;7*1-7(2,3)8(4,5)6/h4*5-16H2,1-4H3;7*(H2,1,2,3)(H2,4,5,6)/q4*+1;;;;;;;/p-4. The van der Waals surface area contributed by atoms with E-state index in [1.807, 2.05) is 0 Å². The molecule has 0 aromatic heterocycles. The van der Waals surface area contributed by atoms with Crippen molar-refractivity contribution in [3.63, 3.8) is 0 Å². The van der Waals surface area contributed by atoms with Gasteiger partial charge >= 0.3 is 72.8 Å². The van der Waals surface area contributed by atoms with Gasteiger partial charge in [-0.25, -0.2) is 27.4 Å². The molecule has 46 nitrogen and oxygen atoms in total. The number of nitrogens with zero attached hydrogens (tertiary/aromatic N) is 4. The molecule has 0 radical (unpaired) electrons. The highest BCUT2D eigenvalue weighted by atomic mass is 32.1. The van der Waals surface area contributed by atoms with Gasteiger partial charge in [0.25, 0.3) is 0 Å². The molecule has 24 N–H and O–H groups in total. The Morgan fingerprint density at radius 3 is 0.210 bits per heavy atom. The van der Waals surface area contributed by atoms with E-state index in [4.69, 9.17) is 117 Å². The Labute approximate surface area is 738 Å². The molecule has 0 aliphatic rings. The van der Waals surface area contributed by atoms with E-state index in [1.165, 1.54) is 328 Å². The van der Waals surface area contributed by atoms with Gasteiger partial charge in [0.15, 0.2) is 0 Å². The minimum atomic E-state index is -5.43. The maximum Gasteiger partial charge on any atom is 0.435 e. The highest BCUT2D eigenvalue weighted by Crippen LogP contribution is 2.73. The largest absolute Gasteiger partial charge is 0.770 e. The third kappa shape index (κ3) is 89.2. The van der Waals surface area contributed by atoms with Crippen LogP contribution < -0.4 is 19.6 Å². The smallest absolute Gasteiger partial charge is 0.435 e. The minimum Gasteiger partial charge on any atom is -0.770 e. The second kappa shape index (κ2) is 76.9. The molecule has 0 heterocycles. The zero-order chi connectivity index (χ0) is 101. The number of rotatable bonds is 55. The lowest BCUT2D eigenvalue weighted by atomic mass is 10.1. The van der Waals surface area contributed by atoms with Crippen LogP contribution in [0, 0.1) is 0 Å². The molecule has 0 fully saturated rings. The van der Waals surface area contributed by atoms with Crippen LogP contribution in [0.3, 0.4) is 0 Å². The molecule has 766 valence electrons. The van der Waals surface area contributed by atoms with Gasteiger partial charge in [0, 0.05) is 0 Å². The minimum absolute atomic E-state index is 1.35. The topological polar surface area (TPSA) is 817 Å². The van der Waals surface area contributed by atoms with Crippen molar-refractivity contribution >= 4 is 102 Å². The fourth-order valence-corrected chi connectivity index (χ4v) is 10.6. The van der Waals surface area contributed by atoms with Crippen LogP contribution in [0.2, 0.25) is 0 Å². The Morgan fingerprint density at radius 2 is 0.185 bits per heavy atom. The van der Waals surface area contributed by atoms with Gasteiger partial charge in [-0.15, -0.1) is 0 Å². The average Bonchev–Trinajstić information content (AvgIpc) is 0.972. The Bertz CT molecular complexity index is 2460. The summed E-state index contributed by atoms with van der Waals surface area (Å²) in [7, 11) is -74.0. The van der Waals surface area contributed by atoms with Crippen molar-refractivity contribution in [1.82, 2.24) is 0 Å². The third-order valence-corrected chi connectivity index (χ3v) is 36.8. The third-order valence-electron chi connectivity index (χ3n) is 18.1. The van der Waals surface area contributed by atoms with E-state index in [0.717, 1.165) is 0 Å². The van der Waals surface area contributed by atoms with Crippen LogP contribution in [0.5, 0.6) is 0 Å². The fourth-order valence-electron chi connectivity index (χ4n) is 10.6. The molecular formula is C64H168N4O42P14. The highest BCUT2D eigenvalue weighted by Gasteiger charge is 2.40. The summed E-state index contributed by atoms with van der Waals surface area (Å²) in [5.41, 5.74) is 0. The summed E-state index contributed by atoms with van der Waals surface area (Å²) in [4.78, 5) is 222. The molecule has 0 aliphatic carbocycles. The predicted octanol–water partition coefficient (Wildman–Crippen LogP) is 12.3. The van der Waals surface area contributed by atoms with Crippen molar-refractivity contribution in [2.45, 2.75) is 316 Å². The van der Waals surface area contributed by atoms with Gasteiger partial charge in [-0.1, -0.05) is 214 Å². The number of hydrogen-bond donors (Lipinski definition) is 24. The number of unbranched alkanes of at least 4 members (excludes halogenated alkanes) is 16. The van der Waals surface area contributed by atoms with Crippen LogP contribution in [-0.2, 0) is 63.9 Å². The van der Waals surface area contributed by atoms with Crippen LogP contribution in [0.4, 0.5) is 0 Å². The van der Waals surface area contributed by atoms with Gasteiger partial charge in [-0.2, -0.15) is 0 Å². The lowest BCUT2D eigenvalue weighted by Crippen LogP contribution is -2.50. The zero-order valence-electron chi connectivity index (χ0n) is 76.1. The summed E-state index contributed by atoms with van der Waals surface area (Å²) in [6.07, 6.45) is 44.2. The monoisotopic (exact) mass is 2100 g/mol.